The summed E-state index contributed by atoms with van der Waals surface area (Å²) in [7, 11) is 0. The van der Waals surface area contributed by atoms with Gasteiger partial charge in [-0.1, -0.05) is 34.8 Å². The van der Waals surface area contributed by atoms with Crippen LogP contribution in [0.25, 0.3) is 0 Å². The summed E-state index contributed by atoms with van der Waals surface area (Å²) in [5.41, 5.74) is 4.29. The number of nitriles is 1. The minimum absolute atomic E-state index is 0.110. The Kier molecular flexibility index (Phi) is 5.85. The largest absolute Gasteiger partial charge is 0.416 e. The van der Waals surface area contributed by atoms with Crippen molar-refractivity contribution in [2.24, 2.45) is 5.73 Å². The molecule has 13 heteroatoms. The van der Waals surface area contributed by atoms with Gasteiger partial charge in [0, 0.05) is 11.9 Å². The molecule has 0 aliphatic carbocycles. The van der Waals surface area contributed by atoms with Crippen molar-refractivity contribution < 1.29 is 22.0 Å². The monoisotopic (exact) mass is 438 g/mol. The van der Waals surface area contributed by atoms with Crippen molar-refractivity contribution >= 4 is 52.4 Å². The molecule has 0 saturated heterocycles. The van der Waals surface area contributed by atoms with Crippen LogP contribution < -0.4 is 10.7 Å². The van der Waals surface area contributed by atoms with Crippen LogP contribution in [0.4, 0.5) is 27.6 Å². The standard InChI is InChI=1S/C12H6Cl3F5N4S/c13-5-1-4(12(18,19)20)2-6(14)9(5)23-10(22)8(15)7(3-21)24(23)25-11(16)17/h1-2,7,11H,22H2. The number of hydrogen-bond acceptors (Lipinski definition) is 5. The van der Waals surface area contributed by atoms with Gasteiger partial charge in [0.05, 0.1) is 32.4 Å². The second kappa shape index (κ2) is 7.25. The van der Waals surface area contributed by atoms with E-state index in [1.807, 2.05) is 0 Å². The van der Waals surface area contributed by atoms with Gasteiger partial charge in [0.25, 0.3) is 5.76 Å². The Morgan fingerprint density at radius 2 is 1.72 bits per heavy atom. The van der Waals surface area contributed by atoms with E-state index >= 15 is 0 Å². The molecule has 136 valence electrons. The molecular formula is C12H6Cl3F5N4S. The van der Waals surface area contributed by atoms with E-state index in [-0.39, 0.29) is 28.5 Å². The maximum Gasteiger partial charge on any atom is 0.416 e. The topological polar surface area (TPSA) is 56.3 Å². The first-order chi connectivity index (χ1) is 11.5. The third-order valence-electron chi connectivity index (χ3n) is 3.00. The average Bonchev–Trinajstić information content (AvgIpc) is 2.69. The second-order valence-electron chi connectivity index (χ2n) is 4.53. The third kappa shape index (κ3) is 3.85. The zero-order valence-electron chi connectivity index (χ0n) is 11.7. The highest BCUT2D eigenvalue weighted by molar-refractivity contribution is 7.97. The molecule has 2 N–H and O–H groups in total. The lowest BCUT2D eigenvalue weighted by Gasteiger charge is -2.32. The molecule has 0 bridgehead atoms. The van der Waals surface area contributed by atoms with Crippen molar-refractivity contribution in [1.82, 2.24) is 4.41 Å². The maximum atomic E-state index is 12.8. The lowest BCUT2D eigenvalue weighted by atomic mass is 10.2. The fraction of sp³-hybridized carbons (Fsp3) is 0.250. The fourth-order valence-electron chi connectivity index (χ4n) is 2.01. The molecule has 0 radical (unpaired) electrons. The fourth-order valence-corrected chi connectivity index (χ4v) is 3.63. The first-order valence-corrected chi connectivity index (χ1v) is 8.11. The average molecular weight is 440 g/mol. The van der Waals surface area contributed by atoms with Crippen LogP contribution in [0.1, 0.15) is 5.56 Å². The normalized spacial score (nSPS) is 19.0. The van der Waals surface area contributed by atoms with Crippen LogP contribution in [0.15, 0.2) is 23.0 Å². The highest BCUT2D eigenvalue weighted by Gasteiger charge is 2.43. The van der Waals surface area contributed by atoms with E-state index in [4.69, 9.17) is 45.8 Å². The van der Waals surface area contributed by atoms with Gasteiger partial charge in [-0.2, -0.15) is 27.2 Å². The van der Waals surface area contributed by atoms with Crippen molar-refractivity contribution in [3.05, 3.63) is 38.6 Å². The molecule has 0 fully saturated rings. The number of benzene rings is 1. The smallest absolute Gasteiger partial charge is 0.383 e. The van der Waals surface area contributed by atoms with Crippen molar-refractivity contribution in [2.75, 3.05) is 5.01 Å². The maximum absolute atomic E-state index is 12.8. The molecule has 1 aromatic rings. The summed E-state index contributed by atoms with van der Waals surface area (Å²) in [6.07, 6.45) is -4.72. The van der Waals surface area contributed by atoms with Gasteiger partial charge in [0.2, 0.25) is 0 Å². The Labute approximate surface area is 157 Å². The van der Waals surface area contributed by atoms with Gasteiger partial charge >= 0.3 is 6.18 Å². The molecule has 2 rings (SSSR count). The van der Waals surface area contributed by atoms with E-state index in [1.54, 1.807) is 6.07 Å². The summed E-state index contributed by atoms with van der Waals surface area (Å²) < 4.78 is 64.8. The van der Waals surface area contributed by atoms with Crippen LogP contribution in [0.2, 0.25) is 10.0 Å². The van der Waals surface area contributed by atoms with Gasteiger partial charge in [-0.05, 0) is 12.1 Å². The second-order valence-corrected chi connectivity index (χ2v) is 6.69. The van der Waals surface area contributed by atoms with Crippen molar-refractivity contribution in [2.45, 2.75) is 18.0 Å². The van der Waals surface area contributed by atoms with Crippen molar-refractivity contribution in [3.8, 4) is 6.07 Å². The lowest BCUT2D eigenvalue weighted by molar-refractivity contribution is -0.137. The number of nitrogens with two attached hydrogens (primary N) is 1. The van der Waals surface area contributed by atoms with Crippen LogP contribution in [0, 0.1) is 11.3 Å². The lowest BCUT2D eigenvalue weighted by Crippen LogP contribution is -2.39. The molecule has 0 spiro atoms. The van der Waals surface area contributed by atoms with Gasteiger partial charge < -0.3 is 5.73 Å². The molecule has 4 nitrogen and oxygen atoms in total. The molecule has 1 atom stereocenters. The zero-order valence-corrected chi connectivity index (χ0v) is 14.7. The number of nitrogens with zero attached hydrogens (tertiary/aromatic N) is 3. The van der Waals surface area contributed by atoms with Crippen LogP contribution in [0.3, 0.4) is 0 Å². The van der Waals surface area contributed by atoms with Gasteiger partial charge in [-0.25, -0.2) is 5.01 Å². The van der Waals surface area contributed by atoms with Gasteiger partial charge in [0.1, 0.15) is 5.82 Å². The molecule has 0 amide bonds. The number of rotatable bonds is 3. The number of halogens is 8. The van der Waals surface area contributed by atoms with E-state index in [9.17, 15) is 22.0 Å². The van der Waals surface area contributed by atoms with Gasteiger partial charge in [0.15, 0.2) is 6.04 Å². The highest BCUT2D eigenvalue weighted by atomic mass is 35.5. The van der Waals surface area contributed by atoms with E-state index < -0.39 is 33.6 Å². The van der Waals surface area contributed by atoms with Crippen LogP contribution in [-0.4, -0.2) is 16.2 Å². The number of hydrazine groups is 1. The van der Waals surface area contributed by atoms with E-state index in [0.717, 1.165) is 5.01 Å². The summed E-state index contributed by atoms with van der Waals surface area (Å²) in [6, 6.07) is 1.40. The minimum Gasteiger partial charge on any atom is -0.383 e. The predicted molar refractivity (Wildman–Crippen MR) is 85.8 cm³/mol. The summed E-state index contributed by atoms with van der Waals surface area (Å²) in [4.78, 5) is 0. The summed E-state index contributed by atoms with van der Waals surface area (Å²) in [5.74, 6) is -3.33. The van der Waals surface area contributed by atoms with Gasteiger partial charge in [-0.3, -0.25) is 0 Å². The first kappa shape index (κ1) is 20.2. The molecule has 1 aromatic carbocycles. The molecule has 1 unspecified atom stereocenters. The van der Waals surface area contributed by atoms with Crippen LogP contribution in [0.5, 0.6) is 0 Å². The Morgan fingerprint density at radius 3 is 2.12 bits per heavy atom. The summed E-state index contributed by atoms with van der Waals surface area (Å²) >= 11 is 17.5. The SMILES string of the molecule is N#CC1C(Cl)=C(N)N(c2c(Cl)cc(C(F)(F)F)cc2Cl)N1SC(F)F. The molecule has 1 aliphatic rings. The molecule has 0 saturated carbocycles. The molecule has 1 aliphatic heterocycles. The van der Waals surface area contributed by atoms with Gasteiger partial charge in [-0.15, -0.1) is 4.41 Å². The van der Waals surface area contributed by atoms with Crippen molar-refractivity contribution in [3.63, 3.8) is 0 Å². The van der Waals surface area contributed by atoms with E-state index in [2.05, 4.69) is 0 Å². The Hall–Kier alpha value is -1.12. The Morgan fingerprint density at radius 1 is 1.20 bits per heavy atom. The third-order valence-corrected chi connectivity index (χ3v) is 4.72. The quantitative estimate of drug-likeness (QED) is 0.520. The Bertz CT molecular complexity index is 741. The van der Waals surface area contributed by atoms with Crippen molar-refractivity contribution in [1.29, 1.82) is 5.26 Å². The van der Waals surface area contributed by atoms with E-state index in [1.165, 1.54) is 0 Å². The molecule has 1 heterocycles. The Balaban J connectivity index is 2.60. The number of alkyl halides is 5. The minimum atomic E-state index is -4.72. The van der Waals surface area contributed by atoms with Crippen LogP contribution in [-0.2, 0) is 6.18 Å². The molecule has 25 heavy (non-hydrogen) atoms. The summed E-state index contributed by atoms with van der Waals surface area (Å²) in [5, 5.41) is 8.61. The van der Waals surface area contributed by atoms with E-state index in [0.29, 0.717) is 16.5 Å². The highest BCUT2D eigenvalue weighted by Crippen LogP contribution is 2.47. The molecular weight excluding hydrogens is 434 g/mol. The predicted octanol–water partition coefficient (Wildman–Crippen LogP) is 5.18. The number of hydrogen-bond donors (Lipinski definition) is 1. The molecule has 0 aromatic heterocycles. The zero-order chi connectivity index (χ0) is 19.1. The number of anilines is 1. The van der Waals surface area contributed by atoms with Crippen LogP contribution >= 0.6 is 46.8 Å². The summed E-state index contributed by atoms with van der Waals surface area (Å²) in [6.45, 7) is 0. The first-order valence-electron chi connectivity index (χ1n) is 6.14.